The first-order chi connectivity index (χ1) is 13.1. The SMILES string of the molecule is CSc1nnc([C@H]2CCCN(CC(=O)Nc3ccc4c(c3)CCC4)C2)n1C. The van der Waals surface area contributed by atoms with E-state index in [1.54, 1.807) is 11.8 Å². The summed E-state index contributed by atoms with van der Waals surface area (Å²) >= 11 is 1.61. The predicted molar refractivity (Wildman–Crippen MR) is 108 cm³/mol. The zero-order valence-electron chi connectivity index (χ0n) is 16.1. The maximum Gasteiger partial charge on any atom is 0.238 e. The summed E-state index contributed by atoms with van der Waals surface area (Å²) < 4.78 is 2.09. The fourth-order valence-corrected chi connectivity index (χ4v) is 4.81. The minimum Gasteiger partial charge on any atom is -0.325 e. The summed E-state index contributed by atoms with van der Waals surface area (Å²) in [4.78, 5) is 14.8. The monoisotopic (exact) mass is 385 g/mol. The zero-order valence-corrected chi connectivity index (χ0v) is 16.9. The van der Waals surface area contributed by atoms with Gasteiger partial charge < -0.3 is 9.88 Å². The molecule has 2 heterocycles. The molecule has 1 fully saturated rings. The molecule has 144 valence electrons. The number of anilines is 1. The molecule has 0 radical (unpaired) electrons. The fourth-order valence-electron chi connectivity index (χ4n) is 4.32. The summed E-state index contributed by atoms with van der Waals surface area (Å²) in [5.41, 5.74) is 3.74. The molecule has 7 heteroatoms. The van der Waals surface area contributed by atoms with E-state index >= 15 is 0 Å². The third kappa shape index (κ3) is 4.04. The molecule has 0 spiro atoms. The first-order valence-corrected chi connectivity index (χ1v) is 10.9. The highest BCUT2D eigenvalue weighted by Gasteiger charge is 2.27. The first kappa shape index (κ1) is 18.5. The molecule has 1 N–H and O–H groups in total. The Labute approximate surface area is 164 Å². The van der Waals surface area contributed by atoms with E-state index in [4.69, 9.17) is 0 Å². The van der Waals surface area contributed by atoms with Crippen molar-refractivity contribution in [1.29, 1.82) is 0 Å². The molecule has 27 heavy (non-hydrogen) atoms. The third-order valence-electron chi connectivity index (χ3n) is 5.67. The van der Waals surface area contributed by atoms with Crippen molar-refractivity contribution < 1.29 is 4.79 Å². The van der Waals surface area contributed by atoms with Crippen LogP contribution in [-0.4, -0.2) is 51.5 Å². The van der Waals surface area contributed by atoms with Gasteiger partial charge in [-0.25, -0.2) is 0 Å². The number of aromatic nitrogens is 3. The normalized spacial score (nSPS) is 19.9. The number of hydrogen-bond acceptors (Lipinski definition) is 5. The van der Waals surface area contributed by atoms with Crippen LogP contribution in [0.25, 0.3) is 0 Å². The van der Waals surface area contributed by atoms with Crippen LogP contribution in [0, 0.1) is 0 Å². The maximum absolute atomic E-state index is 12.6. The second kappa shape index (κ2) is 8.02. The predicted octanol–water partition coefficient (Wildman–Crippen LogP) is 2.84. The van der Waals surface area contributed by atoms with Gasteiger partial charge in [0.25, 0.3) is 0 Å². The van der Waals surface area contributed by atoms with E-state index in [-0.39, 0.29) is 5.91 Å². The van der Waals surface area contributed by atoms with Gasteiger partial charge in [0.15, 0.2) is 5.16 Å². The lowest BCUT2D eigenvalue weighted by Crippen LogP contribution is -2.40. The standard InChI is InChI=1S/C20H27N5OS/c1-24-19(22-23-20(24)27-2)16-7-4-10-25(12-16)13-18(26)21-17-9-8-14-5-3-6-15(14)11-17/h8-9,11,16H,3-7,10,12-13H2,1-2H3,(H,21,26)/t16-/m0/s1. The van der Waals surface area contributed by atoms with Crippen molar-refractivity contribution in [3.8, 4) is 0 Å². The topological polar surface area (TPSA) is 63.1 Å². The van der Waals surface area contributed by atoms with Gasteiger partial charge in [-0.2, -0.15) is 0 Å². The van der Waals surface area contributed by atoms with Gasteiger partial charge in [0.1, 0.15) is 5.82 Å². The van der Waals surface area contributed by atoms with Crippen molar-refractivity contribution in [2.75, 3.05) is 31.2 Å². The minimum atomic E-state index is 0.0661. The van der Waals surface area contributed by atoms with Crippen molar-refractivity contribution in [3.63, 3.8) is 0 Å². The number of fused-ring (bicyclic) bond motifs is 1. The van der Waals surface area contributed by atoms with Crippen LogP contribution in [0.2, 0.25) is 0 Å². The molecule has 0 bridgehead atoms. The maximum atomic E-state index is 12.6. The molecule has 1 aromatic heterocycles. The highest BCUT2D eigenvalue weighted by atomic mass is 32.2. The molecule has 1 aliphatic carbocycles. The fraction of sp³-hybridized carbons (Fsp3) is 0.550. The number of hydrogen-bond donors (Lipinski definition) is 1. The quantitative estimate of drug-likeness (QED) is 0.802. The van der Waals surface area contributed by atoms with Crippen LogP contribution in [0.5, 0.6) is 0 Å². The average molecular weight is 386 g/mol. The lowest BCUT2D eigenvalue weighted by atomic mass is 9.97. The lowest BCUT2D eigenvalue weighted by molar-refractivity contribution is -0.117. The Morgan fingerprint density at radius 2 is 2.11 bits per heavy atom. The number of likely N-dealkylation sites (tertiary alicyclic amines) is 1. The molecule has 4 rings (SSSR count). The Bertz CT molecular complexity index is 834. The Morgan fingerprint density at radius 1 is 1.26 bits per heavy atom. The second-order valence-corrected chi connectivity index (χ2v) is 8.34. The van der Waals surface area contributed by atoms with E-state index in [9.17, 15) is 4.79 Å². The molecule has 1 amide bonds. The largest absolute Gasteiger partial charge is 0.325 e. The van der Waals surface area contributed by atoms with Crippen LogP contribution < -0.4 is 5.32 Å². The lowest BCUT2D eigenvalue weighted by Gasteiger charge is -2.31. The molecule has 0 saturated carbocycles. The molecule has 2 aliphatic rings. The number of carbonyl (C=O) groups is 1. The van der Waals surface area contributed by atoms with Crippen LogP contribution in [0.3, 0.4) is 0 Å². The number of nitrogens with zero attached hydrogens (tertiary/aromatic N) is 4. The first-order valence-electron chi connectivity index (χ1n) is 9.71. The van der Waals surface area contributed by atoms with Crippen LogP contribution in [0.15, 0.2) is 23.4 Å². The number of piperidine rings is 1. The molecule has 1 aromatic carbocycles. The van der Waals surface area contributed by atoms with E-state index in [2.05, 4.69) is 37.1 Å². The van der Waals surface area contributed by atoms with Gasteiger partial charge in [0, 0.05) is 25.2 Å². The molecule has 1 atom stereocenters. The van der Waals surface area contributed by atoms with E-state index in [1.807, 2.05) is 19.4 Å². The zero-order chi connectivity index (χ0) is 18.8. The number of rotatable bonds is 5. The van der Waals surface area contributed by atoms with E-state index in [1.165, 1.54) is 24.0 Å². The number of aryl methyl sites for hydroxylation is 2. The highest BCUT2D eigenvalue weighted by Crippen LogP contribution is 2.28. The van der Waals surface area contributed by atoms with Gasteiger partial charge in [0.05, 0.1) is 6.54 Å². The molecule has 2 aromatic rings. The van der Waals surface area contributed by atoms with E-state index < -0.39 is 0 Å². The summed E-state index contributed by atoms with van der Waals surface area (Å²) in [5.74, 6) is 1.43. The van der Waals surface area contributed by atoms with Gasteiger partial charge in [-0.3, -0.25) is 9.69 Å². The van der Waals surface area contributed by atoms with Gasteiger partial charge in [-0.05, 0) is 68.2 Å². The van der Waals surface area contributed by atoms with E-state index in [0.29, 0.717) is 12.5 Å². The smallest absolute Gasteiger partial charge is 0.238 e. The Kier molecular flexibility index (Phi) is 5.50. The molecule has 0 unspecified atom stereocenters. The molecular weight excluding hydrogens is 358 g/mol. The molecular formula is C20H27N5OS. The Balaban J connectivity index is 1.36. The molecule has 1 saturated heterocycles. The molecule has 6 nitrogen and oxygen atoms in total. The molecule has 1 aliphatic heterocycles. The average Bonchev–Trinajstić information content (AvgIpc) is 3.27. The van der Waals surface area contributed by atoms with Crippen LogP contribution in [-0.2, 0) is 24.7 Å². The van der Waals surface area contributed by atoms with Crippen molar-refractivity contribution in [1.82, 2.24) is 19.7 Å². The highest BCUT2D eigenvalue weighted by molar-refractivity contribution is 7.98. The number of thioether (sulfide) groups is 1. The summed E-state index contributed by atoms with van der Waals surface area (Å²) in [7, 11) is 2.03. The van der Waals surface area contributed by atoms with Crippen LogP contribution >= 0.6 is 11.8 Å². The summed E-state index contributed by atoms with van der Waals surface area (Å²) in [5, 5.41) is 12.7. The van der Waals surface area contributed by atoms with Crippen molar-refractivity contribution in [2.45, 2.75) is 43.2 Å². The third-order valence-corrected chi connectivity index (χ3v) is 6.39. The summed E-state index contributed by atoms with van der Waals surface area (Å²) in [6, 6.07) is 6.33. The Hall–Kier alpha value is -1.86. The van der Waals surface area contributed by atoms with Gasteiger partial charge in [-0.15, -0.1) is 10.2 Å². The van der Waals surface area contributed by atoms with Crippen LogP contribution in [0.4, 0.5) is 5.69 Å². The van der Waals surface area contributed by atoms with E-state index in [0.717, 1.165) is 49.0 Å². The van der Waals surface area contributed by atoms with Crippen molar-refractivity contribution >= 4 is 23.4 Å². The Morgan fingerprint density at radius 3 is 2.93 bits per heavy atom. The van der Waals surface area contributed by atoms with Crippen molar-refractivity contribution in [3.05, 3.63) is 35.2 Å². The van der Waals surface area contributed by atoms with Crippen molar-refractivity contribution in [2.24, 2.45) is 7.05 Å². The van der Waals surface area contributed by atoms with Gasteiger partial charge in [0.2, 0.25) is 5.91 Å². The number of benzene rings is 1. The van der Waals surface area contributed by atoms with Gasteiger partial charge >= 0.3 is 0 Å². The van der Waals surface area contributed by atoms with Gasteiger partial charge in [-0.1, -0.05) is 17.8 Å². The minimum absolute atomic E-state index is 0.0661. The number of carbonyl (C=O) groups excluding carboxylic acids is 1. The number of nitrogens with one attached hydrogen (secondary N) is 1. The van der Waals surface area contributed by atoms with Crippen LogP contribution in [0.1, 0.15) is 42.1 Å². The number of amides is 1. The summed E-state index contributed by atoms with van der Waals surface area (Å²) in [6.07, 6.45) is 7.72. The second-order valence-electron chi connectivity index (χ2n) is 7.56. The summed E-state index contributed by atoms with van der Waals surface area (Å²) in [6.45, 7) is 2.25.